The molecule has 0 bridgehead atoms. The molecule has 2 aromatic rings. The first kappa shape index (κ1) is 20.5. The van der Waals surface area contributed by atoms with Crippen molar-refractivity contribution in [2.45, 2.75) is 60.1 Å². The van der Waals surface area contributed by atoms with Crippen molar-refractivity contribution in [2.75, 3.05) is 0 Å². The summed E-state index contributed by atoms with van der Waals surface area (Å²) in [6, 6.07) is 2.47. The first-order chi connectivity index (χ1) is 12.4. The molecule has 0 saturated carbocycles. The molecule has 1 N–H and O–H groups in total. The van der Waals surface area contributed by atoms with Gasteiger partial charge in [-0.2, -0.15) is 0 Å². The molecule has 0 fully saturated rings. The van der Waals surface area contributed by atoms with E-state index < -0.39 is 29.3 Å². The third-order valence-corrected chi connectivity index (χ3v) is 3.95. The molecule has 0 spiro atoms. The van der Waals surface area contributed by atoms with Crippen LogP contribution in [0.3, 0.4) is 0 Å². The number of fused-ring (bicyclic) bond motifs is 1. The van der Waals surface area contributed by atoms with Gasteiger partial charge in [-0.25, -0.2) is 14.4 Å². The van der Waals surface area contributed by atoms with Gasteiger partial charge in [0.25, 0.3) is 0 Å². The minimum Gasteiger partial charge on any atom is -0.444 e. The van der Waals surface area contributed by atoms with E-state index in [1.54, 1.807) is 53.7 Å². The van der Waals surface area contributed by atoms with E-state index in [0.717, 1.165) is 5.56 Å². The van der Waals surface area contributed by atoms with Crippen molar-refractivity contribution in [2.24, 2.45) is 0 Å². The van der Waals surface area contributed by atoms with Crippen LogP contribution in [0.5, 0.6) is 5.75 Å². The summed E-state index contributed by atoms with van der Waals surface area (Å²) in [5.74, 6) is -0.381. The molecular formula is C20H25NO6. The Balaban J connectivity index is 2.30. The summed E-state index contributed by atoms with van der Waals surface area (Å²) in [5, 5.41) is 3.00. The fourth-order valence-corrected chi connectivity index (χ4v) is 2.51. The molecule has 0 aliphatic carbocycles. The zero-order valence-corrected chi connectivity index (χ0v) is 16.7. The lowest BCUT2D eigenvalue weighted by Crippen LogP contribution is -2.43. The third-order valence-electron chi connectivity index (χ3n) is 3.95. The van der Waals surface area contributed by atoms with Gasteiger partial charge in [-0.05, 0) is 71.7 Å². The molecule has 0 unspecified atom stereocenters. The number of carbonyl (C=O) groups is 2. The molecule has 1 aromatic heterocycles. The number of rotatable bonds is 3. The minimum absolute atomic E-state index is 0.275. The lowest BCUT2D eigenvalue weighted by atomic mass is 10.0. The maximum atomic E-state index is 12.4. The van der Waals surface area contributed by atoms with Gasteiger partial charge in [-0.15, -0.1) is 0 Å². The summed E-state index contributed by atoms with van der Waals surface area (Å²) < 4.78 is 16.0. The van der Waals surface area contributed by atoms with Gasteiger partial charge >= 0.3 is 17.7 Å². The quantitative estimate of drug-likeness (QED) is 0.501. The summed E-state index contributed by atoms with van der Waals surface area (Å²) in [7, 11) is 0. The van der Waals surface area contributed by atoms with Crippen LogP contribution in [-0.4, -0.2) is 23.7 Å². The van der Waals surface area contributed by atoms with Gasteiger partial charge in [-0.1, -0.05) is 0 Å². The van der Waals surface area contributed by atoms with Crippen LogP contribution in [-0.2, 0) is 9.53 Å². The Morgan fingerprint density at radius 3 is 2.33 bits per heavy atom. The number of hydrogen-bond acceptors (Lipinski definition) is 6. The van der Waals surface area contributed by atoms with Crippen LogP contribution >= 0.6 is 0 Å². The van der Waals surface area contributed by atoms with Gasteiger partial charge in [0.1, 0.15) is 23.0 Å². The Morgan fingerprint density at radius 1 is 1.11 bits per heavy atom. The smallest absolute Gasteiger partial charge is 0.408 e. The highest BCUT2D eigenvalue weighted by molar-refractivity contribution is 5.91. The highest BCUT2D eigenvalue weighted by atomic mass is 16.6. The van der Waals surface area contributed by atoms with E-state index in [0.29, 0.717) is 22.1 Å². The average molecular weight is 375 g/mol. The van der Waals surface area contributed by atoms with Crippen LogP contribution in [0, 0.1) is 20.8 Å². The fraction of sp³-hybridized carbons (Fsp3) is 0.450. The largest absolute Gasteiger partial charge is 0.444 e. The maximum Gasteiger partial charge on any atom is 0.408 e. The predicted octanol–water partition coefficient (Wildman–Crippen LogP) is 3.54. The molecule has 1 aromatic carbocycles. The molecule has 7 nitrogen and oxygen atoms in total. The summed E-state index contributed by atoms with van der Waals surface area (Å²) >= 11 is 0. The second-order valence-corrected chi connectivity index (χ2v) is 7.56. The second-order valence-electron chi connectivity index (χ2n) is 7.56. The van der Waals surface area contributed by atoms with Crippen molar-refractivity contribution < 1.29 is 23.5 Å². The van der Waals surface area contributed by atoms with Crippen LogP contribution in [0.1, 0.15) is 44.4 Å². The van der Waals surface area contributed by atoms with Gasteiger partial charge in [0.2, 0.25) is 0 Å². The number of hydrogen-bond donors (Lipinski definition) is 1. The molecule has 1 atom stereocenters. The average Bonchev–Trinajstić information content (AvgIpc) is 2.50. The van der Waals surface area contributed by atoms with Gasteiger partial charge in [0.05, 0.1) is 5.39 Å². The summed E-state index contributed by atoms with van der Waals surface area (Å²) in [6.45, 7) is 11.9. The van der Waals surface area contributed by atoms with Crippen LogP contribution in [0.15, 0.2) is 21.3 Å². The number of carbonyl (C=O) groups excluding carboxylic acids is 2. The van der Waals surface area contributed by atoms with Gasteiger partial charge in [0, 0.05) is 5.56 Å². The molecule has 0 aliphatic heterocycles. The van der Waals surface area contributed by atoms with Crippen molar-refractivity contribution in [3.63, 3.8) is 0 Å². The Hall–Kier alpha value is -2.83. The Labute approximate surface area is 157 Å². The number of benzene rings is 1. The van der Waals surface area contributed by atoms with E-state index in [2.05, 4.69) is 5.32 Å². The van der Waals surface area contributed by atoms with E-state index in [1.165, 1.54) is 6.92 Å². The SMILES string of the molecule is Cc1cc(OC(=O)[C@@H](C)NC(=O)OC(C)(C)C)c2c(C)c(C)c(=O)oc2c1. The number of amides is 1. The number of aryl methyl sites for hydroxylation is 2. The molecule has 7 heteroatoms. The molecule has 0 aliphatic rings. The first-order valence-corrected chi connectivity index (χ1v) is 8.65. The molecular weight excluding hydrogens is 350 g/mol. The topological polar surface area (TPSA) is 94.8 Å². The number of nitrogens with one attached hydrogen (secondary N) is 1. The standard InChI is InChI=1S/C20H25NO6/c1-10-8-14-16(11(2)12(3)17(22)25-14)15(9-10)26-18(23)13(4)21-19(24)27-20(5,6)7/h8-9,13H,1-7H3,(H,21,24)/t13-/m1/s1. The number of esters is 1. The number of alkyl carbamates (subject to hydrolysis) is 1. The molecule has 1 amide bonds. The molecule has 27 heavy (non-hydrogen) atoms. The Kier molecular flexibility index (Phi) is 5.63. The first-order valence-electron chi connectivity index (χ1n) is 8.65. The lowest BCUT2D eigenvalue weighted by molar-refractivity contribution is -0.136. The Morgan fingerprint density at radius 2 is 1.74 bits per heavy atom. The van der Waals surface area contributed by atoms with E-state index in [-0.39, 0.29) is 5.75 Å². The van der Waals surface area contributed by atoms with Crippen molar-refractivity contribution in [3.05, 3.63) is 39.2 Å². The van der Waals surface area contributed by atoms with Crippen LogP contribution in [0.25, 0.3) is 11.0 Å². The minimum atomic E-state index is -0.924. The van der Waals surface area contributed by atoms with Crippen LogP contribution in [0.4, 0.5) is 4.79 Å². The highest BCUT2D eigenvalue weighted by Gasteiger charge is 2.23. The second kappa shape index (κ2) is 7.42. The lowest BCUT2D eigenvalue weighted by Gasteiger charge is -2.21. The summed E-state index contributed by atoms with van der Waals surface area (Å²) in [5.41, 5.74) is 1.14. The van der Waals surface area contributed by atoms with Gasteiger partial charge in [-0.3, -0.25) is 0 Å². The monoisotopic (exact) mass is 375 g/mol. The van der Waals surface area contributed by atoms with Crippen LogP contribution in [0.2, 0.25) is 0 Å². The molecule has 0 radical (unpaired) electrons. The highest BCUT2D eigenvalue weighted by Crippen LogP contribution is 2.31. The molecule has 0 saturated heterocycles. The number of ether oxygens (including phenoxy) is 2. The zero-order valence-electron chi connectivity index (χ0n) is 16.7. The predicted molar refractivity (Wildman–Crippen MR) is 101 cm³/mol. The van der Waals surface area contributed by atoms with Crippen molar-refractivity contribution in [1.29, 1.82) is 0 Å². The van der Waals surface area contributed by atoms with Crippen molar-refractivity contribution in [1.82, 2.24) is 5.32 Å². The molecule has 1 heterocycles. The van der Waals surface area contributed by atoms with Gasteiger partial charge < -0.3 is 19.2 Å². The van der Waals surface area contributed by atoms with Gasteiger partial charge in [0.15, 0.2) is 0 Å². The van der Waals surface area contributed by atoms with E-state index >= 15 is 0 Å². The zero-order chi connectivity index (χ0) is 20.5. The van der Waals surface area contributed by atoms with E-state index in [4.69, 9.17) is 13.9 Å². The Bertz CT molecular complexity index is 952. The maximum absolute atomic E-state index is 12.4. The summed E-state index contributed by atoms with van der Waals surface area (Å²) in [6.07, 6.45) is -0.709. The molecule has 146 valence electrons. The van der Waals surface area contributed by atoms with Crippen molar-refractivity contribution >= 4 is 23.0 Å². The van der Waals surface area contributed by atoms with Crippen molar-refractivity contribution in [3.8, 4) is 5.75 Å². The third kappa shape index (κ3) is 4.87. The fourth-order valence-electron chi connectivity index (χ4n) is 2.51. The summed E-state index contributed by atoms with van der Waals surface area (Å²) in [4.78, 5) is 36.2. The van der Waals surface area contributed by atoms with E-state index in [1.807, 2.05) is 0 Å². The molecule has 2 rings (SSSR count). The van der Waals surface area contributed by atoms with E-state index in [9.17, 15) is 14.4 Å². The normalized spacial score (nSPS) is 12.6. The van der Waals surface area contributed by atoms with Crippen LogP contribution < -0.4 is 15.7 Å².